The molecule has 0 spiro atoms. The van der Waals surface area contributed by atoms with Crippen LogP contribution in [0.1, 0.15) is 64.2 Å². The van der Waals surface area contributed by atoms with Crippen molar-refractivity contribution in [1.82, 2.24) is 5.32 Å². The summed E-state index contributed by atoms with van der Waals surface area (Å²) in [6.45, 7) is 0.699. The summed E-state index contributed by atoms with van der Waals surface area (Å²) in [5.41, 5.74) is -0.754. The molecule has 2 aliphatic carbocycles. The van der Waals surface area contributed by atoms with E-state index < -0.39 is 11.4 Å². The predicted octanol–water partition coefficient (Wildman–Crippen LogP) is 2.72. The van der Waals surface area contributed by atoms with Crippen LogP contribution in [0, 0.1) is 11.3 Å². The molecular weight excluding hydrogens is 242 g/mol. The first kappa shape index (κ1) is 14.4. The van der Waals surface area contributed by atoms with Crippen LogP contribution in [0.15, 0.2) is 0 Å². The van der Waals surface area contributed by atoms with Gasteiger partial charge in [0.25, 0.3) is 0 Å². The molecule has 0 heterocycles. The zero-order valence-corrected chi connectivity index (χ0v) is 11.6. The standard InChI is InChI=1S/C15H25NO3/c17-13(11-15(14(18)19)8-4-9-15)16-10-3-7-12-5-1-2-6-12/h12H,1-11H2,(H,16,17)(H,18,19). The first-order valence-electron chi connectivity index (χ1n) is 7.62. The van der Waals surface area contributed by atoms with Crippen molar-refractivity contribution in [2.24, 2.45) is 11.3 Å². The number of hydrogen-bond donors (Lipinski definition) is 2. The maximum absolute atomic E-state index is 11.8. The smallest absolute Gasteiger partial charge is 0.310 e. The van der Waals surface area contributed by atoms with Crippen LogP contribution in [0.5, 0.6) is 0 Å². The highest BCUT2D eigenvalue weighted by Crippen LogP contribution is 2.44. The van der Waals surface area contributed by atoms with Crippen molar-refractivity contribution in [3.8, 4) is 0 Å². The molecule has 1 amide bonds. The zero-order valence-electron chi connectivity index (χ0n) is 11.6. The van der Waals surface area contributed by atoms with Gasteiger partial charge in [0.2, 0.25) is 5.91 Å². The Morgan fingerprint density at radius 1 is 1.16 bits per heavy atom. The molecule has 108 valence electrons. The zero-order chi connectivity index (χ0) is 13.7. The largest absolute Gasteiger partial charge is 0.481 e. The number of aliphatic carboxylic acids is 1. The fraction of sp³-hybridized carbons (Fsp3) is 0.867. The van der Waals surface area contributed by atoms with E-state index in [1.807, 2.05) is 0 Å². The second-order valence-corrected chi connectivity index (χ2v) is 6.26. The van der Waals surface area contributed by atoms with Gasteiger partial charge in [-0.15, -0.1) is 0 Å². The topological polar surface area (TPSA) is 66.4 Å². The fourth-order valence-corrected chi connectivity index (χ4v) is 3.36. The molecule has 0 aromatic heterocycles. The van der Waals surface area contributed by atoms with Gasteiger partial charge in [0.15, 0.2) is 0 Å². The molecule has 0 saturated heterocycles. The Labute approximate surface area is 115 Å². The lowest BCUT2D eigenvalue weighted by molar-refractivity contribution is -0.157. The lowest BCUT2D eigenvalue weighted by atomic mass is 9.66. The van der Waals surface area contributed by atoms with Crippen LogP contribution in [0.2, 0.25) is 0 Å². The summed E-state index contributed by atoms with van der Waals surface area (Å²) in [4.78, 5) is 22.9. The van der Waals surface area contributed by atoms with Gasteiger partial charge in [-0.05, 0) is 31.6 Å². The Hall–Kier alpha value is -1.06. The summed E-state index contributed by atoms with van der Waals surface area (Å²) >= 11 is 0. The van der Waals surface area contributed by atoms with Crippen molar-refractivity contribution in [1.29, 1.82) is 0 Å². The molecule has 4 heteroatoms. The number of amides is 1. The number of carbonyl (C=O) groups excluding carboxylic acids is 1. The first-order valence-corrected chi connectivity index (χ1v) is 7.62. The lowest BCUT2D eigenvalue weighted by Crippen LogP contribution is -2.42. The summed E-state index contributed by atoms with van der Waals surface area (Å²) in [6.07, 6.45) is 10.0. The monoisotopic (exact) mass is 267 g/mol. The van der Waals surface area contributed by atoms with Crippen LogP contribution in [0.25, 0.3) is 0 Å². The van der Waals surface area contributed by atoms with Crippen LogP contribution >= 0.6 is 0 Å². The average Bonchev–Trinajstić information content (AvgIpc) is 2.82. The molecule has 19 heavy (non-hydrogen) atoms. The van der Waals surface area contributed by atoms with Gasteiger partial charge in [0, 0.05) is 13.0 Å². The van der Waals surface area contributed by atoms with Gasteiger partial charge >= 0.3 is 5.97 Å². The Morgan fingerprint density at radius 3 is 2.37 bits per heavy atom. The van der Waals surface area contributed by atoms with Gasteiger partial charge in [-0.3, -0.25) is 9.59 Å². The Bertz CT molecular complexity index is 330. The minimum atomic E-state index is -0.806. The quantitative estimate of drug-likeness (QED) is 0.697. The third-order valence-electron chi connectivity index (χ3n) is 4.85. The van der Waals surface area contributed by atoms with Gasteiger partial charge < -0.3 is 10.4 Å². The van der Waals surface area contributed by atoms with E-state index in [4.69, 9.17) is 5.11 Å². The van der Waals surface area contributed by atoms with Gasteiger partial charge in [-0.1, -0.05) is 32.1 Å². The van der Waals surface area contributed by atoms with Gasteiger partial charge in [-0.25, -0.2) is 0 Å². The van der Waals surface area contributed by atoms with E-state index in [-0.39, 0.29) is 12.3 Å². The summed E-state index contributed by atoms with van der Waals surface area (Å²) in [5, 5.41) is 12.1. The molecule has 2 rings (SSSR count). The molecule has 0 bridgehead atoms. The number of hydrogen-bond acceptors (Lipinski definition) is 2. The van der Waals surface area contributed by atoms with Gasteiger partial charge in [0.1, 0.15) is 0 Å². The predicted molar refractivity (Wildman–Crippen MR) is 72.7 cm³/mol. The van der Waals surface area contributed by atoms with Crippen LogP contribution in [0.3, 0.4) is 0 Å². The van der Waals surface area contributed by atoms with Crippen molar-refractivity contribution in [2.75, 3.05) is 6.54 Å². The normalized spacial score (nSPS) is 21.9. The number of carboxylic acid groups (broad SMARTS) is 1. The van der Waals surface area contributed by atoms with Crippen LogP contribution in [0.4, 0.5) is 0 Å². The Kier molecular flexibility index (Phi) is 4.83. The molecule has 4 nitrogen and oxygen atoms in total. The average molecular weight is 267 g/mol. The van der Waals surface area contributed by atoms with E-state index in [1.165, 1.54) is 32.1 Å². The first-order chi connectivity index (χ1) is 9.12. The lowest BCUT2D eigenvalue weighted by Gasteiger charge is -2.36. The highest BCUT2D eigenvalue weighted by molar-refractivity contribution is 5.85. The third-order valence-corrected chi connectivity index (χ3v) is 4.85. The second-order valence-electron chi connectivity index (χ2n) is 6.26. The molecule has 0 atom stereocenters. The van der Waals surface area contributed by atoms with Crippen molar-refractivity contribution in [3.63, 3.8) is 0 Å². The highest BCUT2D eigenvalue weighted by Gasteiger charge is 2.45. The second kappa shape index (κ2) is 6.40. The van der Waals surface area contributed by atoms with Gasteiger partial charge in [0.05, 0.1) is 5.41 Å². The van der Waals surface area contributed by atoms with Crippen molar-refractivity contribution in [2.45, 2.75) is 64.2 Å². The minimum Gasteiger partial charge on any atom is -0.481 e. The van der Waals surface area contributed by atoms with Crippen LogP contribution in [-0.4, -0.2) is 23.5 Å². The SMILES string of the molecule is O=C(CC1(C(=O)O)CCC1)NCCCC1CCCC1. The number of nitrogens with one attached hydrogen (secondary N) is 1. The van der Waals surface area contributed by atoms with Crippen LogP contribution < -0.4 is 5.32 Å². The summed E-state index contributed by atoms with van der Waals surface area (Å²) in [7, 11) is 0. The number of carboxylic acids is 1. The minimum absolute atomic E-state index is 0.0893. The van der Waals surface area contributed by atoms with E-state index >= 15 is 0 Å². The maximum atomic E-state index is 11.8. The fourth-order valence-electron chi connectivity index (χ4n) is 3.36. The van der Waals surface area contributed by atoms with E-state index in [2.05, 4.69) is 5.32 Å². The summed E-state index contributed by atoms with van der Waals surface area (Å²) in [6, 6.07) is 0. The number of rotatable bonds is 7. The van der Waals surface area contributed by atoms with E-state index in [1.54, 1.807) is 0 Å². The van der Waals surface area contributed by atoms with E-state index in [9.17, 15) is 9.59 Å². The van der Waals surface area contributed by atoms with Crippen molar-refractivity contribution in [3.05, 3.63) is 0 Å². The van der Waals surface area contributed by atoms with E-state index in [0.29, 0.717) is 19.4 Å². The molecule has 0 unspecified atom stereocenters. The summed E-state index contributed by atoms with van der Waals surface area (Å²) < 4.78 is 0. The molecular formula is C15H25NO3. The Balaban J connectivity index is 1.60. The molecule has 0 aliphatic heterocycles. The van der Waals surface area contributed by atoms with Crippen molar-refractivity contribution >= 4 is 11.9 Å². The highest BCUT2D eigenvalue weighted by atomic mass is 16.4. The molecule has 0 radical (unpaired) electrons. The van der Waals surface area contributed by atoms with E-state index in [0.717, 1.165) is 18.8 Å². The number of carbonyl (C=O) groups is 2. The molecule has 2 aliphatic rings. The van der Waals surface area contributed by atoms with Gasteiger partial charge in [-0.2, -0.15) is 0 Å². The molecule has 0 aromatic rings. The molecule has 0 aromatic carbocycles. The summed E-state index contributed by atoms with van der Waals surface area (Å²) in [5.74, 6) is -0.0396. The molecule has 2 fully saturated rings. The molecule has 2 saturated carbocycles. The van der Waals surface area contributed by atoms with Crippen molar-refractivity contribution < 1.29 is 14.7 Å². The third kappa shape index (κ3) is 3.71. The molecule has 2 N–H and O–H groups in total. The maximum Gasteiger partial charge on any atom is 0.310 e. The Morgan fingerprint density at radius 2 is 1.84 bits per heavy atom. The van der Waals surface area contributed by atoms with Crippen LogP contribution in [-0.2, 0) is 9.59 Å².